The molecule has 4 rings (SSSR count). The Morgan fingerprint density at radius 3 is 3.14 bits per heavy atom. The molecule has 4 nitrogen and oxygen atoms in total. The van der Waals surface area contributed by atoms with E-state index in [4.69, 9.17) is 4.74 Å². The number of likely N-dealkylation sites (N-methyl/N-ethyl adjacent to an activating group) is 1. The lowest BCUT2D eigenvalue weighted by atomic mass is 9.80. The van der Waals surface area contributed by atoms with Crippen LogP contribution in [0.4, 0.5) is 0 Å². The van der Waals surface area contributed by atoms with Gasteiger partial charge in [0.15, 0.2) is 0 Å². The van der Waals surface area contributed by atoms with Crippen LogP contribution in [-0.4, -0.2) is 42.1 Å². The summed E-state index contributed by atoms with van der Waals surface area (Å²) in [5.41, 5.74) is 5.31. The number of rotatable bonds is 2. The van der Waals surface area contributed by atoms with Gasteiger partial charge in [-0.1, -0.05) is 18.2 Å². The van der Waals surface area contributed by atoms with Crippen molar-refractivity contribution in [2.75, 3.05) is 20.2 Å². The van der Waals surface area contributed by atoms with E-state index >= 15 is 0 Å². The molecule has 0 radical (unpaired) electrons. The number of benzene rings is 1. The number of fused-ring (bicyclic) bond motifs is 2. The molecule has 0 saturated carbocycles. The Hall–Kier alpha value is -2.07. The van der Waals surface area contributed by atoms with Crippen molar-refractivity contribution in [1.82, 2.24) is 9.88 Å². The molecule has 0 bridgehead atoms. The number of H-pyrrole nitrogens is 1. The predicted octanol–water partition coefficient (Wildman–Crippen LogP) is 2.60. The number of nitrogens with zero attached hydrogens (tertiary/aromatic N) is 1. The van der Waals surface area contributed by atoms with Crippen LogP contribution in [-0.2, 0) is 16.0 Å². The van der Waals surface area contributed by atoms with Crippen molar-refractivity contribution in [2.24, 2.45) is 5.92 Å². The van der Waals surface area contributed by atoms with E-state index in [-0.39, 0.29) is 11.9 Å². The molecule has 1 aliphatic carbocycles. The highest BCUT2D eigenvalue weighted by molar-refractivity contribution is 5.98. The normalized spacial score (nSPS) is 24.0. The van der Waals surface area contributed by atoms with Gasteiger partial charge in [-0.25, -0.2) is 0 Å². The highest BCUT2D eigenvalue weighted by Gasteiger charge is 2.33. The fraction of sp³-hybridized carbons (Fsp3) is 0.389. The molecule has 114 valence electrons. The van der Waals surface area contributed by atoms with E-state index in [2.05, 4.69) is 47.4 Å². The number of hydrogen-bond donors (Lipinski definition) is 1. The Balaban J connectivity index is 1.77. The van der Waals surface area contributed by atoms with Gasteiger partial charge in [0.05, 0.1) is 6.61 Å². The first-order chi connectivity index (χ1) is 10.6. The Morgan fingerprint density at radius 1 is 1.45 bits per heavy atom. The minimum atomic E-state index is -0.207. The van der Waals surface area contributed by atoms with E-state index in [0.29, 0.717) is 12.6 Å². The van der Waals surface area contributed by atoms with Gasteiger partial charge in [0.2, 0.25) is 0 Å². The predicted molar refractivity (Wildman–Crippen MR) is 86.5 cm³/mol. The third kappa shape index (κ3) is 2.06. The molecule has 4 heteroatoms. The summed E-state index contributed by atoms with van der Waals surface area (Å²) in [6.07, 6.45) is 5.50. The summed E-state index contributed by atoms with van der Waals surface area (Å²) < 4.78 is 5.22. The second kappa shape index (κ2) is 4.99. The Morgan fingerprint density at radius 2 is 2.32 bits per heavy atom. The minimum absolute atomic E-state index is 0.207. The van der Waals surface area contributed by atoms with Gasteiger partial charge in [-0.05, 0) is 36.2 Å². The van der Waals surface area contributed by atoms with E-state index in [1.807, 2.05) is 0 Å². The number of aromatic amines is 1. The standard InChI is InChI=1S/C18H20N2O2/c1-11(21)22-10-12-6-15-14-4-3-5-16-18(14)13(8-19-16)7-17(15)20(2)9-12/h3-6,8,12,17,19H,7,9-10H2,1-2H3/t12-,17-/m1/s1. The summed E-state index contributed by atoms with van der Waals surface area (Å²) in [7, 11) is 2.16. The quantitative estimate of drug-likeness (QED) is 0.867. The maximum Gasteiger partial charge on any atom is 0.302 e. The fourth-order valence-electron chi connectivity index (χ4n) is 3.88. The average Bonchev–Trinajstić information content (AvgIpc) is 2.91. The lowest BCUT2D eigenvalue weighted by Gasteiger charge is -2.39. The molecular formula is C18H20N2O2. The van der Waals surface area contributed by atoms with Gasteiger partial charge in [-0.15, -0.1) is 0 Å². The summed E-state index contributed by atoms with van der Waals surface area (Å²) in [5, 5.41) is 1.35. The zero-order chi connectivity index (χ0) is 15.3. The largest absolute Gasteiger partial charge is 0.465 e. The van der Waals surface area contributed by atoms with E-state index < -0.39 is 0 Å². The van der Waals surface area contributed by atoms with Crippen LogP contribution < -0.4 is 0 Å². The first-order valence-electron chi connectivity index (χ1n) is 7.78. The number of esters is 1. The van der Waals surface area contributed by atoms with Crippen molar-refractivity contribution in [2.45, 2.75) is 19.4 Å². The highest BCUT2D eigenvalue weighted by atomic mass is 16.5. The zero-order valence-electron chi connectivity index (χ0n) is 12.9. The number of hydrogen-bond acceptors (Lipinski definition) is 3. The molecule has 2 atom stereocenters. The van der Waals surface area contributed by atoms with E-state index in [1.165, 1.54) is 34.5 Å². The molecule has 1 aliphatic heterocycles. The van der Waals surface area contributed by atoms with Crippen molar-refractivity contribution >= 4 is 22.4 Å². The van der Waals surface area contributed by atoms with Gasteiger partial charge in [-0.2, -0.15) is 0 Å². The van der Waals surface area contributed by atoms with Gasteiger partial charge < -0.3 is 9.72 Å². The fourth-order valence-corrected chi connectivity index (χ4v) is 3.88. The molecular weight excluding hydrogens is 276 g/mol. The molecule has 2 heterocycles. The smallest absolute Gasteiger partial charge is 0.302 e. The van der Waals surface area contributed by atoms with Gasteiger partial charge in [0.25, 0.3) is 0 Å². The summed E-state index contributed by atoms with van der Waals surface area (Å²) in [6, 6.07) is 6.87. The topological polar surface area (TPSA) is 45.3 Å². The molecule has 1 aromatic carbocycles. The molecule has 0 spiro atoms. The van der Waals surface area contributed by atoms with Crippen molar-refractivity contribution in [3.8, 4) is 0 Å². The zero-order valence-corrected chi connectivity index (χ0v) is 12.9. The van der Waals surface area contributed by atoms with E-state index in [9.17, 15) is 4.79 Å². The number of carbonyl (C=O) groups is 1. The van der Waals surface area contributed by atoms with Crippen molar-refractivity contribution in [3.63, 3.8) is 0 Å². The molecule has 22 heavy (non-hydrogen) atoms. The lowest BCUT2D eigenvalue weighted by Crippen LogP contribution is -2.43. The Kier molecular flexibility index (Phi) is 3.08. The maximum atomic E-state index is 11.1. The molecule has 1 N–H and O–H groups in total. The molecule has 2 aromatic rings. The van der Waals surface area contributed by atoms with E-state index in [0.717, 1.165) is 13.0 Å². The number of nitrogens with one attached hydrogen (secondary N) is 1. The van der Waals surface area contributed by atoms with Gasteiger partial charge in [-0.3, -0.25) is 9.69 Å². The van der Waals surface area contributed by atoms with Gasteiger partial charge >= 0.3 is 5.97 Å². The number of carbonyl (C=O) groups excluding carboxylic acids is 1. The summed E-state index contributed by atoms with van der Waals surface area (Å²) in [6.45, 7) is 2.86. The molecule has 0 amide bonds. The second-order valence-electron chi connectivity index (χ2n) is 6.39. The number of aromatic nitrogens is 1. The molecule has 0 fully saturated rings. The summed E-state index contributed by atoms with van der Waals surface area (Å²) in [5.74, 6) is 0.0535. The van der Waals surface area contributed by atoms with Crippen LogP contribution in [0.3, 0.4) is 0 Å². The monoisotopic (exact) mass is 296 g/mol. The van der Waals surface area contributed by atoms with Crippen molar-refractivity contribution < 1.29 is 9.53 Å². The Bertz CT molecular complexity index is 774. The van der Waals surface area contributed by atoms with Crippen LogP contribution in [0.25, 0.3) is 16.5 Å². The highest BCUT2D eigenvalue weighted by Crippen LogP contribution is 2.40. The van der Waals surface area contributed by atoms with Crippen LogP contribution in [0.5, 0.6) is 0 Å². The van der Waals surface area contributed by atoms with Crippen LogP contribution >= 0.6 is 0 Å². The van der Waals surface area contributed by atoms with Crippen molar-refractivity contribution in [3.05, 3.63) is 41.6 Å². The van der Waals surface area contributed by atoms with Crippen LogP contribution in [0.1, 0.15) is 18.1 Å². The SMILES string of the molecule is CC(=O)OC[C@@H]1C=C2c3cccc4[nH]cc(c34)C[C@H]2N(C)C1. The second-order valence-corrected chi connectivity index (χ2v) is 6.39. The third-order valence-corrected chi connectivity index (χ3v) is 4.84. The van der Waals surface area contributed by atoms with Crippen LogP contribution in [0, 0.1) is 5.92 Å². The van der Waals surface area contributed by atoms with Gasteiger partial charge in [0.1, 0.15) is 0 Å². The summed E-state index contributed by atoms with van der Waals surface area (Å²) in [4.78, 5) is 16.8. The molecule has 0 saturated heterocycles. The molecule has 1 aromatic heterocycles. The van der Waals surface area contributed by atoms with Crippen LogP contribution in [0.15, 0.2) is 30.5 Å². The van der Waals surface area contributed by atoms with Crippen molar-refractivity contribution in [1.29, 1.82) is 0 Å². The Labute approximate surface area is 129 Å². The molecule has 0 unspecified atom stereocenters. The number of ether oxygens (including phenoxy) is 1. The van der Waals surface area contributed by atoms with E-state index in [1.54, 1.807) is 0 Å². The first kappa shape index (κ1) is 13.6. The summed E-state index contributed by atoms with van der Waals surface area (Å²) >= 11 is 0. The first-order valence-corrected chi connectivity index (χ1v) is 7.78. The molecule has 2 aliphatic rings. The van der Waals surface area contributed by atoms with Gasteiger partial charge in [0, 0.05) is 42.5 Å². The minimum Gasteiger partial charge on any atom is -0.465 e. The van der Waals surface area contributed by atoms with Crippen LogP contribution in [0.2, 0.25) is 0 Å². The average molecular weight is 296 g/mol. The maximum absolute atomic E-state index is 11.1. The lowest BCUT2D eigenvalue weighted by molar-refractivity contribution is -0.142. The third-order valence-electron chi connectivity index (χ3n) is 4.84.